The van der Waals surface area contributed by atoms with Crippen LogP contribution in [0.3, 0.4) is 0 Å². The van der Waals surface area contributed by atoms with E-state index in [-0.39, 0.29) is 24.2 Å². The number of carbonyl (C=O) groups is 2. The van der Waals surface area contributed by atoms with Crippen molar-refractivity contribution in [2.75, 3.05) is 33.9 Å². The van der Waals surface area contributed by atoms with Crippen molar-refractivity contribution in [2.45, 2.75) is 12.8 Å². The standard InChI is InChI=1S/C16H21NO4/c1-20-11-15(18)17-9-7-13(8-10-17)16(19)12-3-5-14(21-2)6-4-12/h3-6,13H,7-11H2,1-2H3. The van der Waals surface area contributed by atoms with Crippen molar-refractivity contribution in [1.29, 1.82) is 0 Å². The summed E-state index contributed by atoms with van der Waals surface area (Å²) < 4.78 is 9.94. The maximum absolute atomic E-state index is 12.4. The topological polar surface area (TPSA) is 55.8 Å². The first-order chi connectivity index (χ1) is 10.2. The summed E-state index contributed by atoms with van der Waals surface area (Å²) in [6, 6.07) is 7.18. The van der Waals surface area contributed by atoms with Gasteiger partial charge in [0.25, 0.3) is 0 Å². The van der Waals surface area contributed by atoms with E-state index < -0.39 is 0 Å². The lowest BCUT2D eigenvalue weighted by Gasteiger charge is -2.31. The minimum absolute atomic E-state index is 0.00662. The van der Waals surface area contributed by atoms with E-state index in [0.29, 0.717) is 31.5 Å². The number of hydrogen-bond donors (Lipinski definition) is 0. The average Bonchev–Trinajstić information content (AvgIpc) is 2.54. The predicted molar refractivity (Wildman–Crippen MR) is 78.5 cm³/mol. The van der Waals surface area contributed by atoms with Gasteiger partial charge in [-0.15, -0.1) is 0 Å². The zero-order valence-corrected chi connectivity index (χ0v) is 12.5. The van der Waals surface area contributed by atoms with E-state index in [4.69, 9.17) is 9.47 Å². The van der Waals surface area contributed by atoms with Crippen LogP contribution in [0.25, 0.3) is 0 Å². The fourth-order valence-electron chi connectivity index (χ4n) is 2.60. The highest BCUT2D eigenvalue weighted by atomic mass is 16.5. The molecule has 1 heterocycles. The highest BCUT2D eigenvalue weighted by Crippen LogP contribution is 2.23. The van der Waals surface area contributed by atoms with Crippen molar-refractivity contribution >= 4 is 11.7 Å². The first kappa shape index (κ1) is 15.5. The lowest BCUT2D eigenvalue weighted by Crippen LogP contribution is -2.41. The van der Waals surface area contributed by atoms with E-state index in [0.717, 1.165) is 5.75 Å². The molecule has 0 aliphatic carbocycles. The minimum Gasteiger partial charge on any atom is -0.497 e. The molecule has 1 saturated heterocycles. The number of amides is 1. The summed E-state index contributed by atoms with van der Waals surface area (Å²) in [5.41, 5.74) is 0.706. The van der Waals surface area contributed by atoms with Gasteiger partial charge in [-0.05, 0) is 37.1 Å². The highest BCUT2D eigenvalue weighted by molar-refractivity contribution is 5.98. The second-order valence-corrected chi connectivity index (χ2v) is 5.18. The van der Waals surface area contributed by atoms with Crippen LogP contribution in [0.2, 0.25) is 0 Å². The highest BCUT2D eigenvalue weighted by Gasteiger charge is 2.27. The summed E-state index contributed by atoms with van der Waals surface area (Å²) in [5, 5.41) is 0. The molecule has 0 atom stereocenters. The second-order valence-electron chi connectivity index (χ2n) is 5.18. The summed E-state index contributed by atoms with van der Waals surface area (Å²) in [6.45, 7) is 1.35. The van der Waals surface area contributed by atoms with Gasteiger partial charge >= 0.3 is 0 Å². The van der Waals surface area contributed by atoms with E-state index in [1.165, 1.54) is 7.11 Å². The quantitative estimate of drug-likeness (QED) is 0.776. The van der Waals surface area contributed by atoms with E-state index in [1.54, 1.807) is 36.3 Å². The summed E-state index contributed by atoms with van der Waals surface area (Å²) in [6.07, 6.45) is 1.42. The fraction of sp³-hybridized carbons (Fsp3) is 0.500. The lowest BCUT2D eigenvalue weighted by atomic mass is 9.89. The van der Waals surface area contributed by atoms with Gasteiger partial charge in [0.05, 0.1) is 7.11 Å². The number of ketones is 1. The molecule has 1 amide bonds. The molecule has 1 aromatic carbocycles. The Morgan fingerprint density at radius 2 is 1.76 bits per heavy atom. The van der Waals surface area contributed by atoms with Gasteiger partial charge in [0.15, 0.2) is 5.78 Å². The largest absolute Gasteiger partial charge is 0.497 e. The van der Waals surface area contributed by atoms with Crippen LogP contribution in [-0.2, 0) is 9.53 Å². The molecule has 1 fully saturated rings. The Morgan fingerprint density at radius 3 is 2.29 bits per heavy atom. The summed E-state index contributed by atoms with van der Waals surface area (Å²) in [4.78, 5) is 25.9. The van der Waals surface area contributed by atoms with Crippen LogP contribution in [0.15, 0.2) is 24.3 Å². The number of Topliss-reactive ketones (excluding diaryl/α,β-unsaturated/α-hetero) is 1. The number of hydrogen-bond acceptors (Lipinski definition) is 4. The van der Waals surface area contributed by atoms with Gasteiger partial charge in [-0.3, -0.25) is 9.59 Å². The van der Waals surface area contributed by atoms with Gasteiger partial charge in [0.2, 0.25) is 5.91 Å². The van der Waals surface area contributed by atoms with Gasteiger partial charge in [-0.25, -0.2) is 0 Å². The van der Waals surface area contributed by atoms with Crippen LogP contribution < -0.4 is 4.74 Å². The van der Waals surface area contributed by atoms with Crippen molar-refractivity contribution in [3.8, 4) is 5.75 Å². The first-order valence-electron chi connectivity index (χ1n) is 7.10. The molecule has 1 aliphatic heterocycles. The van der Waals surface area contributed by atoms with E-state index in [9.17, 15) is 9.59 Å². The minimum atomic E-state index is -0.00927. The van der Waals surface area contributed by atoms with Crippen molar-refractivity contribution < 1.29 is 19.1 Å². The summed E-state index contributed by atoms with van der Waals surface area (Å²) in [5.74, 6) is 0.876. The first-order valence-corrected chi connectivity index (χ1v) is 7.10. The molecule has 0 spiro atoms. The molecule has 5 heteroatoms. The van der Waals surface area contributed by atoms with Crippen LogP contribution >= 0.6 is 0 Å². The number of methoxy groups -OCH3 is 2. The lowest BCUT2D eigenvalue weighted by molar-refractivity contribution is -0.136. The predicted octanol–water partition coefficient (Wildman–Crippen LogP) is 1.76. The molecule has 21 heavy (non-hydrogen) atoms. The molecule has 1 aromatic rings. The molecule has 0 bridgehead atoms. The number of nitrogens with zero attached hydrogens (tertiary/aromatic N) is 1. The Labute approximate surface area is 124 Å². The van der Waals surface area contributed by atoms with Crippen molar-refractivity contribution in [2.24, 2.45) is 5.92 Å². The SMILES string of the molecule is COCC(=O)N1CCC(C(=O)c2ccc(OC)cc2)CC1. The van der Waals surface area contributed by atoms with Crippen LogP contribution in [-0.4, -0.2) is 50.5 Å². The number of rotatable bonds is 5. The molecule has 1 aliphatic rings. The van der Waals surface area contributed by atoms with Gasteiger partial charge in [0.1, 0.15) is 12.4 Å². The van der Waals surface area contributed by atoms with Gasteiger partial charge in [0, 0.05) is 31.7 Å². The molecule has 0 saturated carbocycles. The van der Waals surface area contributed by atoms with E-state index in [2.05, 4.69) is 0 Å². The monoisotopic (exact) mass is 291 g/mol. The molecular weight excluding hydrogens is 270 g/mol. The summed E-state index contributed by atoms with van der Waals surface area (Å²) >= 11 is 0. The Kier molecular flexibility index (Phi) is 5.33. The Bertz CT molecular complexity index is 490. The number of piperidine rings is 1. The van der Waals surface area contributed by atoms with E-state index >= 15 is 0 Å². The normalized spacial score (nSPS) is 15.8. The van der Waals surface area contributed by atoms with Crippen LogP contribution in [0.1, 0.15) is 23.2 Å². The molecular formula is C16H21NO4. The Morgan fingerprint density at radius 1 is 1.14 bits per heavy atom. The zero-order valence-electron chi connectivity index (χ0n) is 12.5. The molecule has 0 N–H and O–H groups in total. The fourth-order valence-corrected chi connectivity index (χ4v) is 2.60. The van der Waals surface area contributed by atoms with Crippen molar-refractivity contribution in [1.82, 2.24) is 4.90 Å². The molecule has 0 aromatic heterocycles. The third-order valence-corrected chi connectivity index (χ3v) is 3.86. The molecule has 0 radical (unpaired) electrons. The maximum Gasteiger partial charge on any atom is 0.248 e. The third-order valence-electron chi connectivity index (χ3n) is 3.86. The number of ether oxygens (including phenoxy) is 2. The second kappa shape index (κ2) is 7.22. The zero-order chi connectivity index (χ0) is 15.2. The Balaban J connectivity index is 1.92. The van der Waals surface area contributed by atoms with Gasteiger partial charge < -0.3 is 14.4 Å². The molecule has 5 nitrogen and oxygen atoms in total. The van der Waals surface area contributed by atoms with Crippen LogP contribution in [0.5, 0.6) is 5.75 Å². The number of benzene rings is 1. The average molecular weight is 291 g/mol. The molecule has 114 valence electrons. The van der Waals surface area contributed by atoms with Crippen molar-refractivity contribution in [3.63, 3.8) is 0 Å². The molecule has 0 unspecified atom stereocenters. The van der Waals surface area contributed by atoms with Crippen molar-refractivity contribution in [3.05, 3.63) is 29.8 Å². The number of carbonyl (C=O) groups excluding carboxylic acids is 2. The number of likely N-dealkylation sites (tertiary alicyclic amines) is 1. The van der Waals surface area contributed by atoms with Crippen LogP contribution in [0.4, 0.5) is 0 Å². The molecule has 2 rings (SSSR count). The smallest absolute Gasteiger partial charge is 0.248 e. The van der Waals surface area contributed by atoms with Gasteiger partial charge in [-0.1, -0.05) is 0 Å². The third kappa shape index (κ3) is 3.82. The van der Waals surface area contributed by atoms with Crippen LogP contribution in [0, 0.1) is 5.92 Å². The summed E-state index contributed by atoms with van der Waals surface area (Å²) in [7, 11) is 3.11. The van der Waals surface area contributed by atoms with Gasteiger partial charge in [-0.2, -0.15) is 0 Å². The maximum atomic E-state index is 12.4. The Hall–Kier alpha value is -1.88. The van der Waals surface area contributed by atoms with E-state index in [1.807, 2.05) is 0 Å².